The molecule has 0 fully saturated rings. The van der Waals surface area contributed by atoms with Crippen LogP contribution < -0.4 is 5.32 Å². The molecule has 0 atom stereocenters. The van der Waals surface area contributed by atoms with Gasteiger partial charge >= 0.3 is 0 Å². The molecule has 0 radical (unpaired) electrons. The second-order valence-electron chi connectivity index (χ2n) is 6.28. The second kappa shape index (κ2) is 8.58. The summed E-state index contributed by atoms with van der Waals surface area (Å²) in [5, 5.41) is 9.98. The summed E-state index contributed by atoms with van der Waals surface area (Å²) < 4.78 is 1.87. The molecule has 0 aliphatic heterocycles. The topological polar surface area (TPSA) is 72.7 Å². The molecule has 0 aliphatic carbocycles. The number of aromatic nitrogens is 4. The van der Waals surface area contributed by atoms with Gasteiger partial charge in [0.25, 0.3) is 0 Å². The molecule has 4 aromatic rings. The molecule has 7 heteroatoms. The predicted molar refractivity (Wildman–Crippen MR) is 109 cm³/mol. The normalized spacial score (nSPS) is 10.7. The largest absolute Gasteiger partial charge is 0.352 e. The summed E-state index contributed by atoms with van der Waals surface area (Å²) in [6.07, 6.45) is 5.68. The molecule has 28 heavy (non-hydrogen) atoms. The third-order valence-corrected chi connectivity index (χ3v) is 5.18. The number of pyridine rings is 1. The van der Waals surface area contributed by atoms with Gasteiger partial charge in [-0.05, 0) is 29.3 Å². The Morgan fingerprint density at radius 1 is 1.04 bits per heavy atom. The van der Waals surface area contributed by atoms with Crippen LogP contribution in [0, 0.1) is 0 Å². The third kappa shape index (κ3) is 4.50. The van der Waals surface area contributed by atoms with E-state index in [0.29, 0.717) is 13.1 Å². The van der Waals surface area contributed by atoms with Gasteiger partial charge in [0.1, 0.15) is 5.01 Å². The highest BCUT2D eigenvalue weighted by atomic mass is 32.1. The molecule has 4 rings (SSSR count). The maximum atomic E-state index is 12.4. The zero-order valence-corrected chi connectivity index (χ0v) is 16.0. The van der Waals surface area contributed by atoms with E-state index in [4.69, 9.17) is 0 Å². The summed E-state index contributed by atoms with van der Waals surface area (Å²) in [5.74, 6) is -0.0493. The van der Waals surface area contributed by atoms with Gasteiger partial charge in [-0.15, -0.1) is 11.3 Å². The molecule has 0 saturated heterocycles. The second-order valence-corrected chi connectivity index (χ2v) is 7.14. The molecule has 140 valence electrons. The predicted octanol–water partition coefficient (Wildman–Crippen LogP) is 3.31. The minimum absolute atomic E-state index is 0.0493. The summed E-state index contributed by atoms with van der Waals surface area (Å²) in [7, 11) is 0. The lowest BCUT2D eigenvalue weighted by molar-refractivity contribution is -0.120. The van der Waals surface area contributed by atoms with Crippen LogP contribution in [0.15, 0.2) is 72.5 Å². The van der Waals surface area contributed by atoms with Crippen molar-refractivity contribution in [3.8, 4) is 10.7 Å². The highest BCUT2D eigenvalue weighted by Crippen LogP contribution is 2.21. The zero-order valence-electron chi connectivity index (χ0n) is 15.2. The van der Waals surface area contributed by atoms with Crippen molar-refractivity contribution in [3.05, 3.63) is 89.3 Å². The number of nitrogens with zero attached hydrogens (tertiary/aromatic N) is 4. The molecule has 0 unspecified atom stereocenters. The van der Waals surface area contributed by atoms with Crippen LogP contribution in [0.25, 0.3) is 10.7 Å². The number of thiazole rings is 1. The fourth-order valence-corrected chi connectivity index (χ4v) is 3.66. The molecule has 0 spiro atoms. The Morgan fingerprint density at radius 2 is 1.89 bits per heavy atom. The van der Waals surface area contributed by atoms with Gasteiger partial charge in [-0.3, -0.25) is 14.5 Å². The number of hydrogen-bond donors (Lipinski definition) is 1. The Bertz CT molecular complexity index is 1040. The quantitative estimate of drug-likeness (QED) is 0.526. The molecule has 1 aromatic carbocycles. The summed E-state index contributed by atoms with van der Waals surface area (Å²) in [4.78, 5) is 21.2. The van der Waals surface area contributed by atoms with Gasteiger partial charge in [-0.25, -0.2) is 4.98 Å². The summed E-state index contributed by atoms with van der Waals surface area (Å²) in [6, 6.07) is 15.7. The van der Waals surface area contributed by atoms with E-state index in [-0.39, 0.29) is 12.3 Å². The molecule has 0 saturated carbocycles. The lowest BCUT2D eigenvalue weighted by Gasteiger charge is -2.10. The van der Waals surface area contributed by atoms with E-state index in [2.05, 4.69) is 26.4 Å². The molecule has 1 amide bonds. The van der Waals surface area contributed by atoms with Crippen LogP contribution in [0.3, 0.4) is 0 Å². The lowest BCUT2D eigenvalue weighted by atomic mass is 10.1. The van der Waals surface area contributed by atoms with E-state index < -0.39 is 0 Å². The molecule has 0 bridgehead atoms. The number of rotatable bonds is 7. The Balaban J connectivity index is 1.36. The minimum Gasteiger partial charge on any atom is -0.352 e. The van der Waals surface area contributed by atoms with Crippen molar-refractivity contribution in [2.24, 2.45) is 0 Å². The highest BCUT2D eigenvalue weighted by molar-refractivity contribution is 7.13. The van der Waals surface area contributed by atoms with E-state index >= 15 is 0 Å². The smallest absolute Gasteiger partial charge is 0.226 e. The highest BCUT2D eigenvalue weighted by Gasteiger charge is 2.10. The maximum Gasteiger partial charge on any atom is 0.226 e. The third-order valence-electron chi connectivity index (χ3n) is 4.26. The van der Waals surface area contributed by atoms with Crippen LogP contribution in [0.4, 0.5) is 0 Å². The van der Waals surface area contributed by atoms with Crippen LogP contribution in [0.2, 0.25) is 0 Å². The van der Waals surface area contributed by atoms with Crippen LogP contribution in [0.1, 0.15) is 16.8 Å². The summed E-state index contributed by atoms with van der Waals surface area (Å²) >= 11 is 1.50. The van der Waals surface area contributed by atoms with E-state index in [1.165, 1.54) is 11.3 Å². The van der Waals surface area contributed by atoms with Gasteiger partial charge in [0, 0.05) is 30.5 Å². The molecule has 6 nitrogen and oxygen atoms in total. The van der Waals surface area contributed by atoms with Crippen molar-refractivity contribution < 1.29 is 4.79 Å². The first kappa shape index (κ1) is 18.1. The molecule has 3 aromatic heterocycles. The molecular weight excluding hydrogens is 370 g/mol. The van der Waals surface area contributed by atoms with Crippen LogP contribution in [0.5, 0.6) is 0 Å². The van der Waals surface area contributed by atoms with Crippen molar-refractivity contribution in [2.45, 2.75) is 19.5 Å². The standard InChI is InChI=1S/C21H19N5OS/c27-20(12-18-15-28-21(25-18)19-8-3-4-9-22-19)23-13-16-6-1-2-7-17(16)14-26-11-5-10-24-26/h1-11,15H,12-14H2,(H,23,27). The SMILES string of the molecule is O=C(Cc1csc(-c2ccccn2)n1)NCc1ccccc1Cn1cccn1. The maximum absolute atomic E-state index is 12.4. The van der Waals surface area contributed by atoms with Gasteiger partial charge in [0.05, 0.1) is 24.4 Å². The average molecular weight is 389 g/mol. The van der Waals surface area contributed by atoms with E-state index in [1.54, 1.807) is 12.4 Å². The van der Waals surface area contributed by atoms with Crippen molar-refractivity contribution in [2.75, 3.05) is 0 Å². The monoisotopic (exact) mass is 389 g/mol. The molecule has 1 N–H and O–H groups in total. The Labute approximate surface area is 166 Å². The average Bonchev–Trinajstić information content (AvgIpc) is 3.40. The Morgan fingerprint density at radius 3 is 2.68 bits per heavy atom. The Kier molecular flexibility index (Phi) is 5.53. The van der Waals surface area contributed by atoms with Gasteiger partial charge in [-0.2, -0.15) is 5.10 Å². The van der Waals surface area contributed by atoms with Crippen LogP contribution in [-0.4, -0.2) is 25.7 Å². The minimum atomic E-state index is -0.0493. The Hall–Kier alpha value is -3.32. The van der Waals surface area contributed by atoms with Crippen molar-refractivity contribution in [1.82, 2.24) is 25.1 Å². The van der Waals surface area contributed by atoms with Crippen molar-refractivity contribution in [3.63, 3.8) is 0 Å². The van der Waals surface area contributed by atoms with Gasteiger partial charge in [0.2, 0.25) is 5.91 Å². The summed E-state index contributed by atoms with van der Waals surface area (Å²) in [6.45, 7) is 1.16. The van der Waals surface area contributed by atoms with Crippen molar-refractivity contribution in [1.29, 1.82) is 0 Å². The van der Waals surface area contributed by atoms with Crippen LogP contribution in [-0.2, 0) is 24.3 Å². The fourth-order valence-electron chi connectivity index (χ4n) is 2.87. The first-order valence-electron chi connectivity index (χ1n) is 8.94. The lowest BCUT2D eigenvalue weighted by Crippen LogP contribution is -2.25. The number of amides is 1. The van der Waals surface area contributed by atoms with Gasteiger partial charge in [0.15, 0.2) is 0 Å². The van der Waals surface area contributed by atoms with Crippen molar-refractivity contribution >= 4 is 17.2 Å². The first-order chi connectivity index (χ1) is 13.8. The van der Waals surface area contributed by atoms with E-state index in [1.807, 2.05) is 58.7 Å². The van der Waals surface area contributed by atoms with Gasteiger partial charge < -0.3 is 5.32 Å². The molecular formula is C21H19N5OS. The zero-order chi connectivity index (χ0) is 19.2. The van der Waals surface area contributed by atoms with E-state index in [9.17, 15) is 4.79 Å². The number of hydrogen-bond acceptors (Lipinski definition) is 5. The van der Waals surface area contributed by atoms with Crippen LogP contribution >= 0.6 is 11.3 Å². The molecule has 3 heterocycles. The van der Waals surface area contributed by atoms with Gasteiger partial charge in [-0.1, -0.05) is 30.3 Å². The fraction of sp³-hybridized carbons (Fsp3) is 0.143. The number of benzene rings is 1. The number of carbonyl (C=O) groups excluding carboxylic acids is 1. The number of carbonyl (C=O) groups is 1. The number of nitrogens with one attached hydrogen (secondary N) is 1. The summed E-state index contributed by atoms with van der Waals surface area (Å²) in [5.41, 5.74) is 3.80. The first-order valence-corrected chi connectivity index (χ1v) is 9.82. The van der Waals surface area contributed by atoms with E-state index in [0.717, 1.165) is 27.5 Å². The molecule has 0 aliphatic rings.